The number of methoxy groups -OCH3 is 2. The van der Waals surface area contributed by atoms with Crippen LogP contribution < -0.4 is 21.9 Å². The van der Waals surface area contributed by atoms with Crippen molar-refractivity contribution in [2.75, 3.05) is 20.8 Å². The summed E-state index contributed by atoms with van der Waals surface area (Å²) in [4.78, 5) is 0. The molecule has 4 heteroatoms. The largest absolute Gasteiger partial charge is 1.00 e. The van der Waals surface area contributed by atoms with Crippen LogP contribution in [-0.4, -0.2) is 31.1 Å². The molecule has 0 N–H and O–H groups in total. The molecule has 41 heavy (non-hydrogen) atoms. The van der Waals surface area contributed by atoms with Crippen molar-refractivity contribution in [3.63, 3.8) is 0 Å². The smallest absolute Gasteiger partial charge is 0.184 e. The molecule has 0 unspecified atom stereocenters. The molecule has 0 bridgehead atoms. The Morgan fingerprint density at radius 2 is 1.22 bits per heavy atom. The summed E-state index contributed by atoms with van der Waals surface area (Å²) in [5, 5.41) is 0. The number of nitrogens with zero attached hydrogens (tertiary/aromatic N) is 1. The number of halogens is 1. The van der Waals surface area contributed by atoms with E-state index in [1.54, 1.807) is 14.2 Å². The second-order valence-electron chi connectivity index (χ2n) is 12.9. The Morgan fingerprint density at radius 1 is 0.707 bits per heavy atom. The normalized spacial score (nSPS) is 13.1. The minimum atomic E-state index is 0. The van der Waals surface area contributed by atoms with Gasteiger partial charge in [-0.3, -0.25) is 0 Å². The van der Waals surface area contributed by atoms with Gasteiger partial charge in [0.1, 0.15) is 6.54 Å². The van der Waals surface area contributed by atoms with Crippen LogP contribution in [0.15, 0.2) is 36.4 Å². The van der Waals surface area contributed by atoms with E-state index in [-0.39, 0.29) is 17.8 Å². The molecule has 0 radical (unpaired) electrons. The standard InChI is InChI=1S/C37H58NO2.ClH/c1-7-8-9-10-11-12-13-14-15-16-17-18-19-20-34-33-28-36(40-6)35(39-5)27-31(33)25-26-38(34)29-30-21-23-32(24-22-30)37(2,3)4;/h21-24,27-28H,7-20,25-26,29H2,1-6H3;1H/q+1;/p-1. The first kappa shape index (κ1) is 35.2. The highest BCUT2D eigenvalue weighted by molar-refractivity contribution is 5.99. The third-order valence-electron chi connectivity index (χ3n) is 8.66. The van der Waals surface area contributed by atoms with E-state index in [1.165, 1.54) is 111 Å². The average Bonchev–Trinajstić information content (AvgIpc) is 2.95. The number of hydrogen-bond donors (Lipinski definition) is 0. The lowest BCUT2D eigenvalue weighted by Crippen LogP contribution is -3.00. The van der Waals surface area contributed by atoms with E-state index in [0.29, 0.717) is 0 Å². The zero-order valence-corrected chi connectivity index (χ0v) is 27.9. The van der Waals surface area contributed by atoms with E-state index >= 15 is 0 Å². The molecule has 3 rings (SSSR count). The number of rotatable bonds is 18. The van der Waals surface area contributed by atoms with E-state index in [4.69, 9.17) is 9.47 Å². The topological polar surface area (TPSA) is 21.5 Å². The molecule has 1 aliphatic rings. The average molecular weight is 584 g/mol. The van der Waals surface area contributed by atoms with Crippen LogP contribution in [0.4, 0.5) is 0 Å². The molecule has 0 atom stereocenters. The fourth-order valence-electron chi connectivity index (χ4n) is 6.07. The quantitative estimate of drug-likeness (QED) is 0.139. The van der Waals surface area contributed by atoms with Crippen molar-refractivity contribution in [1.82, 2.24) is 0 Å². The molecule has 0 saturated carbocycles. The van der Waals surface area contributed by atoms with Gasteiger partial charge in [0.15, 0.2) is 23.8 Å². The summed E-state index contributed by atoms with van der Waals surface area (Å²) < 4.78 is 14.0. The van der Waals surface area contributed by atoms with Crippen LogP contribution in [0.2, 0.25) is 0 Å². The van der Waals surface area contributed by atoms with Gasteiger partial charge in [0.25, 0.3) is 0 Å². The molecule has 0 aliphatic carbocycles. The highest BCUT2D eigenvalue weighted by Crippen LogP contribution is 2.34. The maximum Gasteiger partial charge on any atom is 0.184 e. The Balaban J connectivity index is 0.00000588. The van der Waals surface area contributed by atoms with Gasteiger partial charge >= 0.3 is 0 Å². The van der Waals surface area contributed by atoms with E-state index < -0.39 is 0 Å². The van der Waals surface area contributed by atoms with Crippen LogP contribution in [-0.2, 0) is 18.4 Å². The van der Waals surface area contributed by atoms with Crippen LogP contribution in [0, 0.1) is 0 Å². The Bertz CT molecular complexity index is 1050. The van der Waals surface area contributed by atoms with E-state index in [2.05, 4.69) is 68.7 Å². The van der Waals surface area contributed by atoms with E-state index in [9.17, 15) is 0 Å². The lowest BCUT2D eigenvalue weighted by Gasteiger charge is -2.22. The molecule has 0 fully saturated rings. The first-order valence-electron chi connectivity index (χ1n) is 16.3. The molecule has 0 amide bonds. The van der Waals surface area contributed by atoms with Crippen molar-refractivity contribution in [3.8, 4) is 11.5 Å². The van der Waals surface area contributed by atoms with Crippen LogP contribution in [0.3, 0.4) is 0 Å². The molecule has 0 spiro atoms. The Labute approximate surface area is 258 Å². The van der Waals surface area contributed by atoms with Gasteiger partial charge in [0.2, 0.25) is 0 Å². The molecule has 0 saturated heterocycles. The number of unbranched alkanes of at least 4 members (excludes halogenated alkanes) is 12. The Hall–Kier alpha value is -2.00. The predicted molar refractivity (Wildman–Crippen MR) is 172 cm³/mol. The highest BCUT2D eigenvalue weighted by Gasteiger charge is 2.28. The molecule has 0 aromatic heterocycles. The predicted octanol–water partition coefficient (Wildman–Crippen LogP) is 7.04. The molecule has 230 valence electrons. The van der Waals surface area contributed by atoms with Crippen molar-refractivity contribution < 1.29 is 26.5 Å². The third-order valence-corrected chi connectivity index (χ3v) is 8.66. The monoisotopic (exact) mass is 583 g/mol. The SMILES string of the molecule is CCCCCCCCCCCCCCCC1=[N+](Cc2ccc(C(C)(C)C)cc2)CCc2cc(OC)c(OC)cc21.[Cl-]. The van der Waals surface area contributed by atoms with Crippen LogP contribution in [0.1, 0.15) is 140 Å². The Kier molecular flexibility index (Phi) is 15.9. The molecule has 1 heterocycles. The maximum absolute atomic E-state index is 5.71. The molecular formula is C37H58ClNO2. The zero-order chi connectivity index (χ0) is 28.8. The number of fused-ring (bicyclic) bond motifs is 1. The lowest BCUT2D eigenvalue weighted by atomic mass is 9.86. The number of hydrogen-bond acceptors (Lipinski definition) is 2. The van der Waals surface area contributed by atoms with Gasteiger partial charge in [0, 0.05) is 24.0 Å². The van der Waals surface area contributed by atoms with Gasteiger partial charge in [-0.25, -0.2) is 4.58 Å². The summed E-state index contributed by atoms with van der Waals surface area (Å²) in [6.07, 6.45) is 20.2. The third kappa shape index (κ3) is 11.3. The van der Waals surface area contributed by atoms with Crippen molar-refractivity contribution in [2.24, 2.45) is 0 Å². The summed E-state index contributed by atoms with van der Waals surface area (Å²) in [5.41, 5.74) is 7.19. The van der Waals surface area contributed by atoms with Gasteiger partial charge in [0.05, 0.1) is 14.2 Å². The molecule has 2 aromatic carbocycles. The summed E-state index contributed by atoms with van der Waals surface area (Å²) >= 11 is 0. The van der Waals surface area contributed by atoms with Crippen LogP contribution >= 0.6 is 0 Å². The molecule has 3 nitrogen and oxygen atoms in total. The van der Waals surface area contributed by atoms with E-state index in [0.717, 1.165) is 37.4 Å². The molecule has 1 aliphatic heterocycles. The first-order valence-corrected chi connectivity index (χ1v) is 16.3. The molecule has 2 aromatic rings. The van der Waals surface area contributed by atoms with Gasteiger partial charge in [-0.05, 0) is 35.1 Å². The zero-order valence-electron chi connectivity index (χ0n) is 27.1. The van der Waals surface area contributed by atoms with Crippen molar-refractivity contribution in [3.05, 3.63) is 58.7 Å². The molecular weight excluding hydrogens is 526 g/mol. The summed E-state index contributed by atoms with van der Waals surface area (Å²) in [5.74, 6) is 1.67. The minimum absolute atomic E-state index is 0. The van der Waals surface area contributed by atoms with Gasteiger partial charge < -0.3 is 21.9 Å². The van der Waals surface area contributed by atoms with E-state index in [1.807, 2.05) is 0 Å². The summed E-state index contributed by atoms with van der Waals surface area (Å²) in [6.45, 7) is 11.2. The highest BCUT2D eigenvalue weighted by atomic mass is 35.5. The summed E-state index contributed by atoms with van der Waals surface area (Å²) in [6, 6.07) is 13.7. The van der Waals surface area contributed by atoms with Gasteiger partial charge in [-0.1, -0.05) is 129 Å². The van der Waals surface area contributed by atoms with Crippen LogP contribution in [0.5, 0.6) is 11.5 Å². The van der Waals surface area contributed by atoms with Gasteiger partial charge in [-0.2, -0.15) is 0 Å². The summed E-state index contributed by atoms with van der Waals surface area (Å²) in [7, 11) is 3.48. The lowest BCUT2D eigenvalue weighted by molar-refractivity contribution is -0.545. The maximum atomic E-state index is 5.71. The number of benzene rings is 2. The van der Waals surface area contributed by atoms with Crippen molar-refractivity contribution >= 4 is 5.71 Å². The second kappa shape index (κ2) is 18.5. The fourth-order valence-corrected chi connectivity index (χ4v) is 6.07. The second-order valence-corrected chi connectivity index (χ2v) is 12.9. The van der Waals surface area contributed by atoms with Gasteiger partial charge in [-0.15, -0.1) is 0 Å². The Morgan fingerprint density at radius 3 is 1.73 bits per heavy atom. The first-order chi connectivity index (χ1) is 19.4. The van der Waals surface area contributed by atoms with Crippen molar-refractivity contribution in [1.29, 1.82) is 0 Å². The fraction of sp³-hybridized carbons (Fsp3) is 0.649. The van der Waals surface area contributed by atoms with Crippen LogP contribution in [0.25, 0.3) is 0 Å². The minimum Gasteiger partial charge on any atom is -1.00 e. The number of ether oxygens (including phenoxy) is 2. The van der Waals surface area contributed by atoms with Crippen molar-refractivity contribution in [2.45, 2.75) is 136 Å².